The van der Waals surface area contributed by atoms with E-state index in [1.807, 2.05) is 36.4 Å². The van der Waals surface area contributed by atoms with Gasteiger partial charge in [0.2, 0.25) is 0 Å². The minimum atomic E-state index is -0.464. The third kappa shape index (κ3) is 2.91. The van der Waals surface area contributed by atoms with E-state index in [0.717, 1.165) is 11.3 Å². The van der Waals surface area contributed by atoms with E-state index in [2.05, 4.69) is 0 Å². The first kappa shape index (κ1) is 17.2. The van der Waals surface area contributed by atoms with Crippen molar-refractivity contribution >= 4 is 17.5 Å². The molecule has 2 heterocycles. The fourth-order valence-electron chi connectivity index (χ4n) is 3.85. The molecular weight excluding hydrogens is 354 g/mol. The molecule has 2 aromatic rings. The molecule has 0 saturated carbocycles. The molecule has 26 heavy (non-hydrogen) atoms. The number of nitrogens with zero attached hydrogens (tertiary/aromatic N) is 1. The van der Waals surface area contributed by atoms with E-state index in [-0.39, 0.29) is 25.0 Å². The molecule has 136 valence electrons. The Bertz CT molecular complexity index is 827. The summed E-state index contributed by atoms with van der Waals surface area (Å²) in [4.78, 5) is 14.4. The lowest BCUT2D eigenvalue weighted by atomic mass is 9.74. The van der Waals surface area contributed by atoms with Gasteiger partial charge in [-0.05, 0) is 23.8 Å². The Kier molecular flexibility index (Phi) is 4.51. The van der Waals surface area contributed by atoms with Crippen LogP contribution in [0.3, 0.4) is 0 Å². The van der Waals surface area contributed by atoms with E-state index >= 15 is 0 Å². The number of hydrogen-bond acceptors (Lipinski definition) is 4. The number of fused-ring (bicyclic) bond motifs is 3. The Labute approximate surface area is 157 Å². The summed E-state index contributed by atoms with van der Waals surface area (Å²) in [6.45, 7) is 1.29. The Balaban J connectivity index is 1.49. The molecule has 6 heteroatoms. The normalized spacial score (nSPS) is 23.8. The summed E-state index contributed by atoms with van der Waals surface area (Å²) in [5.41, 5.74) is 0.587. The number of amides is 1. The molecule has 0 aliphatic carbocycles. The van der Waals surface area contributed by atoms with Gasteiger partial charge < -0.3 is 19.5 Å². The quantitative estimate of drug-likeness (QED) is 0.895. The fraction of sp³-hybridized carbons (Fsp3) is 0.350. The fourth-order valence-corrected chi connectivity index (χ4v) is 4.04. The van der Waals surface area contributed by atoms with Gasteiger partial charge in [0.15, 0.2) is 6.61 Å². The third-order valence-electron chi connectivity index (χ3n) is 5.31. The van der Waals surface area contributed by atoms with Gasteiger partial charge in [0.25, 0.3) is 5.91 Å². The van der Waals surface area contributed by atoms with Gasteiger partial charge in [0.1, 0.15) is 11.5 Å². The van der Waals surface area contributed by atoms with Crippen LogP contribution in [0.15, 0.2) is 48.5 Å². The summed E-state index contributed by atoms with van der Waals surface area (Å²) in [5.74, 6) is 1.26. The number of halogens is 1. The summed E-state index contributed by atoms with van der Waals surface area (Å²) in [6.07, 6.45) is 0. The Morgan fingerprint density at radius 1 is 1.27 bits per heavy atom. The van der Waals surface area contributed by atoms with E-state index in [1.54, 1.807) is 17.0 Å². The minimum absolute atomic E-state index is 0.0266. The molecule has 0 unspecified atom stereocenters. The van der Waals surface area contributed by atoms with E-state index in [9.17, 15) is 9.90 Å². The number of benzene rings is 2. The van der Waals surface area contributed by atoms with Crippen molar-refractivity contribution in [2.75, 3.05) is 32.9 Å². The van der Waals surface area contributed by atoms with Crippen molar-refractivity contribution in [3.8, 4) is 11.5 Å². The second-order valence-electron chi connectivity index (χ2n) is 6.89. The van der Waals surface area contributed by atoms with E-state index < -0.39 is 5.41 Å². The molecule has 1 amide bonds. The molecule has 0 radical (unpaired) electrons. The molecule has 2 aliphatic heterocycles. The minimum Gasteiger partial charge on any atom is -0.493 e. The smallest absolute Gasteiger partial charge is 0.260 e. The monoisotopic (exact) mass is 373 g/mol. The van der Waals surface area contributed by atoms with Crippen molar-refractivity contribution in [1.29, 1.82) is 0 Å². The number of aliphatic hydroxyl groups is 1. The van der Waals surface area contributed by atoms with E-state index in [1.165, 1.54) is 0 Å². The molecule has 1 fully saturated rings. The zero-order valence-corrected chi connectivity index (χ0v) is 15.0. The van der Waals surface area contributed by atoms with Crippen molar-refractivity contribution < 1.29 is 19.4 Å². The molecule has 4 rings (SSSR count). The van der Waals surface area contributed by atoms with Crippen LogP contribution in [0, 0.1) is 5.41 Å². The Morgan fingerprint density at radius 3 is 2.85 bits per heavy atom. The van der Waals surface area contributed by atoms with E-state index in [0.29, 0.717) is 30.5 Å². The first-order valence-corrected chi connectivity index (χ1v) is 8.98. The molecule has 2 atom stereocenters. The highest BCUT2D eigenvalue weighted by Gasteiger charge is 2.52. The summed E-state index contributed by atoms with van der Waals surface area (Å²) < 4.78 is 11.4. The Morgan fingerprint density at radius 2 is 2.04 bits per heavy atom. The SMILES string of the molecule is O=C(COc1ccccc1Cl)N1C[C@@H]2c3ccccc3OC[C@]2(CO)C1. The van der Waals surface area contributed by atoms with Crippen LogP contribution in [-0.2, 0) is 4.79 Å². The van der Waals surface area contributed by atoms with Crippen LogP contribution in [0.4, 0.5) is 0 Å². The largest absolute Gasteiger partial charge is 0.493 e. The summed E-state index contributed by atoms with van der Waals surface area (Å²) in [6, 6.07) is 14.9. The zero-order chi connectivity index (χ0) is 18.1. The maximum Gasteiger partial charge on any atom is 0.260 e. The van der Waals surface area contributed by atoms with Crippen LogP contribution in [0.1, 0.15) is 11.5 Å². The van der Waals surface area contributed by atoms with Gasteiger partial charge in [-0.25, -0.2) is 0 Å². The third-order valence-corrected chi connectivity index (χ3v) is 5.63. The van der Waals surface area contributed by atoms with Crippen LogP contribution in [0.25, 0.3) is 0 Å². The van der Waals surface area contributed by atoms with Crippen LogP contribution in [-0.4, -0.2) is 48.8 Å². The first-order chi connectivity index (χ1) is 12.6. The molecule has 0 aromatic heterocycles. The van der Waals surface area contributed by atoms with Gasteiger partial charge in [0, 0.05) is 19.0 Å². The predicted octanol–water partition coefficient (Wildman–Crippen LogP) is 2.72. The topological polar surface area (TPSA) is 59.0 Å². The molecular formula is C20H20ClNO4. The van der Waals surface area contributed by atoms with Gasteiger partial charge in [0.05, 0.1) is 23.7 Å². The predicted molar refractivity (Wildman–Crippen MR) is 97.7 cm³/mol. The number of aliphatic hydroxyl groups excluding tert-OH is 1. The number of ether oxygens (including phenoxy) is 2. The number of para-hydroxylation sites is 2. The van der Waals surface area contributed by atoms with E-state index in [4.69, 9.17) is 21.1 Å². The van der Waals surface area contributed by atoms with Crippen LogP contribution in [0.2, 0.25) is 5.02 Å². The van der Waals surface area contributed by atoms with Gasteiger partial charge in [-0.2, -0.15) is 0 Å². The molecule has 1 N–H and O–H groups in total. The summed E-state index contributed by atoms with van der Waals surface area (Å²) >= 11 is 6.07. The highest BCUT2D eigenvalue weighted by molar-refractivity contribution is 6.32. The van der Waals surface area contributed by atoms with Gasteiger partial charge in [-0.3, -0.25) is 4.79 Å². The first-order valence-electron chi connectivity index (χ1n) is 8.61. The second kappa shape index (κ2) is 6.82. The average molecular weight is 374 g/mol. The highest BCUT2D eigenvalue weighted by atomic mass is 35.5. The van der Waals surface area contributed by atoms with Crippen molar-refractivity contribution in [2.45, 2.75) is 5.92 Å². The molecule has 5 nitrogen and oxygen atoms in total. The van der Waals surface area contributed by atoms with Gasteiger partial charge in [-0.15, -0.1) is 0 Å². The summed E-state index contributed by atoms with van der Waals surface area (Å²) in [7, 11) is 0. The maximum absolute atomic E-state index is 12.7. The van der Waals surface area contributed by atoms with Gasteiger partial charge in [-0.1, -0.05) is 41.9 Å². The molecule has 0 spiro atoms. The average Bonchev–Trinajstić information content (AvgIpc) is 3.08. The summed E-state index contributed by atoms with van der Waals surface area (Å²) in [5, 5.41) is 10.5. The van der Waals surface area contributed by atoms with Crippen LogP contribution < -0.4 is 9.47 Å². The lowest BCUT2D eigenvalue weighted by molar-refractivity contribution is -0.132. The standard InChI is InChI=1S/C20H20ClNO4/c21-16-6-2-4-8-18(16)25-10-19(24)22-9-15-14-5-1-3-7-17(14)26-13-20(15,11-22)12-23/h1-8,15,23H,9-13H2/t15-,20-/m1/s1. The number of hydrogen-bond donors (Lipinski definition) is 1. The van der Waals surface area contributed by atoms with Crippen LogP contribution >= 0.6 is 11.6 Å². The maximum atomic E-state index is 12.7. The molecule has 0 bridgehead atoms. The zero-order valence-electron chi connectivity index (χ0n) is 14.2. The Hall–Kier alpha value is -2.24. The lowest BCUT2D eigenvalue weighted by Gasteiger charge is -2.37. The second-order valence-corrected chi connectivity index (χ2v) is 7.30. The van der Waals surface area contributed by atoms with Gasteiger partial charge >= 0.3 is 0 Å². The highest BCUT2D eigenvalue weighted by Crippen LogP contribution is 2.49. The lowest BCUT2D eigenvalue weighted by Crippen LogP contribution is -2.43. The van der Waals surface area contributed by atoms with Crippen molar-refractivity contribution in [1.82, 2.24) is 4.90 Å². The van der Waals surface area contributed by atoms with Crippen molar-refractivity contribution in [3.05, 3.63) is 59.1 Å². The molecule has 2 aliphatic rings. The number of carbonyl (C=O) groups excluding carboxylic acids is 1. The van der Waals surface area contributed by atoms with Crippen molar-refractivity contribution in [2.24, 2.45) is 5.41 Å². The van der Waals surface area contributed by atoms with Crippen molar-refractivity contribution in [3.63, 3.8) is 0 Å². The van der Waals surface area contributed by atoms with Crippen LogP contribution in [0.5, 0.6) is 11.5 Å². The number of rotatable bonds is 4. The molecule has 2 aromatic carbocycles. The molecule has 1 saturated heterocycles. The number of carbonyl (C=O) groups is 1. The number of likely N-dealkylation sites (tertiary alicyclic amines) is 1.